The minimum absolute atomic E-state index is 0.229. The summed E-state index contributed by atoms with van der Waals surface area (Å²) >= 11 is 2.98. The predicted molar refractivity (Wildman–Crippen MR) is 114 cm³/mol. The van der Waals surface area contributed by atoms with Gasteiger partial charge in [-0.25, -0.2) is 9.78 Å². The summed E-state index contributed by atoms with van der Waals surface area (Å²) in [6.07, 6.45) is 2.38. The highest BCUT2D eigenvalue weighted by Gasteiger charge is 2.18. The van der Waals surface area contributed by atoms with Gasteiger partial charge in [0.2, 0.25) is 0 Å². The van der Waals surface area contributed by atoms with Gasteiger partial charge < -0.3 is 9.72 Å². The molecule has 0 unspecified atom stereocenters. The third-order valence-corrected chi connectivity index (χ3v) is 5.91. The predicted octanol–water partition coefficient (Wildman–Crippen LogP) is 5.03. The van der Waals surface area contributed by atoms with Crippen LogP contribution in [0.25, 0.3) is 26.7 Å². The van der Waals surface area contributed by atoms with Gasteiger partial charge in [0.15, 0.2) is 11.9 Å². The van der Waals surface area contributed by atoms with Crippen LogP contribution in [0, 0.1) is 0 Å². The molecule has 5 nitrogen and oxygen atoms in total. The molecule has 3 heterocycles. The van der Waals surface area contributed by atoms with E-state index in [0.29, 0.717) is 16.0 Å². The molecule has 0 fully saturated rings. The van der Waals surface area contributed by atoms with Crippen molar-refractivity contribution in [2.75, 3.05) is 0 Å². The number of fused-ring (bicyclic) bond motifs is 1. The molecule has 0 saturated heterocycles. The molecule has 0 saturated carbocycles. The van der Waals surface area contributed by atoms with Gasteiger partial charge in [-0.2, -0.15) is 0 Å². The van der Waals surface area contributed by atoms with Crippen LogP contribution in [0.4, 0.5) is 0 Å². The Morgan fingerprint density at radius 3 is 2.75 bits per heavy atom. The van der Waals surface area contributed by atoms with E-state index in [4.69, 9.17) is 4.74 Å². The highest BCUT2D eigenvalue weighted by molar-refractivity contribution is 7.18. The van der Waals surface area contributed by atoms with Crippen LogP contribution in [-0.4, -0.2) is 15.9 Å². The van der Waals surface area contributed by atoms with Crippen molar-refractivity contribution in [2.45, 2.75) is 13.0 Å². The smallest absolute Gasteiger partial charge is 0.331 e. The lowest BCUT2D eigenvalue weighted by Gasteiger charge is -2.11. The number of thiophene rings is 2. The minimum atomic E-state index is -0.669. The normalized spacial score (nSPS) is 12.5. The standard InChI is InChI=1S/C21H16N2O3S2/c1-13(26-17(24)10-9-14-6-3-2-4-7-14)19-22-20(25)18-15(12-28-21(18)23-19)16-8-5-11-27-16/h2-13H,1H3,(H,22,23,25)/b10-9+/t13-/m1/s1. The molecule has 4 aromatic rings. The Bertz CT molecular complexity index is 1190. The van der Waals surface area contributed by atoms with Crippen molar-refractivity contribution in [1.29, 1.82) is 0 Å². The van der Waals surface area contributed by atoms with Crippen LogP contribution >= 0.6 is 22.7 Å². The number of carbonyl (C=O) groups is 1. The average Bonchev–Trinajstić information content (AvgIpc) is 3.36. The van der Waals surface area contributed by atoms with Crippen LogP contribution in [0.2, 0.25) is 0 Å². The van der Waals surface area contributed by atoms with E-state index >= 15 is 0 Å². The molecule has 3 aromatic heterocycles. The van der Waals surface area contributed by atoms with Crippen LogP contribution in [0.3, 0.4) is 0 Å². The summed E-state index contributed by atoms with van der Waals surface area (Å²) in [4.78, 5) is 33.6. The zero-order valence-electron chi connectivity index (χ0n) is 14.9. The summed E-state index contributed by atoms with van der Waals surface area (Å²) in [6.45, 7) is 1.69. The molecule has 1 aromatic carbocycles. The molecule has 28 heavy (non-hydrogen) atoms. The summed E-state index contributed by atoms with van der Waals surface area (Å²) < 4.78 is 5.39. The van der Waals surface area contributed by atoms with Crippen LogP contribution in [0.15, 0.2) is 64.1 Å². The second-order valence-electron chi connectivity index (χ2n) is 6.08. The van der Waals surface area contributed by atoms with Gasteiger partial charge in [0, 0.05) is 21.9 Å². The number of hydrogen-bond donors (Lipinski definition) is 1. The second-order valence-corrected chi connectivity index (χ2v) is 7.89. The Morgan fingerprint density at radius 2 is 2.00 bits per heavy atom. The summed E-state index contributed by atoms with van der Waals surface area (Å²) in [7, 11) is 0. The number of rotatable bonds is 5. The van der Waals surface area contributed by atoms with E-state index in [0.717, 1.165) is 16.0 Å². The SMILES string of the molecule is C[C@@H](OC(=O)/C=C/c1ccccc1)c1nc2scc(-c3cccs3)c2c(=O)[nH]1. The number of hydrogen-bond acceptors (Lipinski definition) is 6. The van der Waals surface area contributed by atoms with Crippen LogP contribution in [0.1, 0.15) is 24.4 Å². The first-order valence-corrected chi connectivity index (χ1v) is 10.4. The quantitative estimate of drug-likeness (QED) is 0.371. The van der Waals surface area contributed by atoms with Gasteiger partial charge in [0.1, 0.15) is 4.83 Å². The Labute approximate surface area is 169 Å². The third-order valence-electron chi connectivity index (χ3n) is 4.14. The lowest BCUT2D eigenvalue weighted by atomic mass is 10.2. The molecule has 0 aliphatic heterocycles. The lowest BCUT2D eigenvalue weighted by Crippen LogP contribution is -2.16. The minimum Gasteiger partial charge on any atom is -0.451 e. The van der Waals surface area contributed by atoms with E-state index in [1.54, 1.807) is 24.3 Å². The molecule has 1 N–H and O–H groups in total. The highest BCUT2D eigenvalue weighted by Crippen LogP contribution is 2.33. The zero-order chi connectivity index (χ0) is 19.5. The fraction of sp³-hybridized carbons (Fsp3) is 0.0952. The number of H-pyrrole nitrogens is 1. The van der Waals surface area contributed by atoms with E-state index < -0.39 is 12.1 Å². The van der Waals surface area contributed by atoms with Crippen LogP contribution in [-0.2, 0) is 9.53 Å². The van der Waals surface area contributed by atoms with Crippen LogP contribution in [0.5, 0.6) is 0 Å². The number of nitrogens with one attached hydrogen (secondary N) is 1. The number of ether oxygens (including phenoxy) is 1. The number of carbonyl (C=O) groups excluding carboxylic acids is 1. The van der Waals surface area contributed by atoms with Gasteiger partial charge in [-0.15, -0.1) is 22.7 Å². The van der Waals surface area contributed by atoms with E-state index in [9.17, 15) is 9.59 Å². The maximum absolute atomic E-state index is 12.6. The van der Waals surface area contributed by atoms with Crippen LogP contribution < -0.4 is 5.56 Å². The Hall–Kier alpha value is -3.03. The summed E-state index contributed by atoms with van der Waals surface area (Å²) in [6, 6.07) is 13.4. The molecular formula is C21H16N2O3S2. The lowest BCUT2D eigenvalue weighted by molar-refractivity contribution is -0.142. The molecule has 4 rings (SSSR count). The van der Waals surface area contributed by atoms with Gasteiger partial charge in [-0.3, -0.25) is 4.79 Å². The van der Waals surface area contributed by atoms with Crippen molar-refractivity contribution in [3.8, 4) is 10.4 Å². The maximum Gasteiger partial charge on any atom is 0.331 e. The molecule has 140 valence electrons. The fourth-order valence-corrected chi connectivity index (χ4v) is 4.54. The monoisotopic (exact) mass is 408 g/mol. The molecular weight excluding hydrogens is 392 g/mol. The molecule has 0 amide bonds. The number of benzene rings is 1. The van der Waals surface area contributed by atoms with Crippen molar-refractivity contribution in [1.82, 2.24) is 9.97 Å². The topological polar surface area (TPSA) is 72.0 Å². The fourth-order valence-electron chi connectivity index (χ4n) is 2.77. The summed E-state index contributed by atoms with van der Waals surface area (Å²) in [5.41, 5.74) is 1.55. The van der Waals surface area contributed by atoms with E-state index in [2.05, 4.69) is 9.97 Å². The number of aromatic amines is 1. The van der Waals surface area contributed by atoms with E-state index in [1.807, 2.05) is 53.2 Å². The number of aromatic nitrogens is 2. The molecule has 7 heteroatoms. The molecule has 1 atom stereocenters. The Balaban J connectivity index is 1.55. The van der Waals surface area contributed by atoms with E-state index in [1.165, 1.54) is 17.4 Å². The van der Waals surface area contributed by atoms with Crippen molar-refractivity contribution < 1.29 is 9.53 Å². The van der Waals surface area contributed by atoms with Gasteiger partial charge in [0.25, 0.3) is 5.56 Å². The Kier molecular flexibility index (Phi) is 5.18. The first-order valence-electron chi connectivity index (χ1n) is 8.61. The second kappa shape index (κ2) is 7.92. The van der Waals surface area contributed by atoms with Crippen molar-refractivity contribution in [3.05, 3.63) is 81.0 Å². The Morgan fingerprint density at radius 1 is 1.18 bits per heavy atom. The molecule has 0 spiro atoms. The average molecular weight is 409 g/mol. The van der Waals surface area contributed by atoms with E-state index in [-0.39, 0.29) is 5.56 Å². The van der Waals surface area contributed by atoms with Gasteiger partial charge >= 0.3 is 5.97 Å². The van der Waals surface area contributed by atoms with Gasteiger partial charge in [-0.1, -0.05) is 36.4 Å². The largest absolute Gasteiger partial charge is 0.451 e. The molecule has 0 aliphatic carbocycles. The molecule has 0 radical (unpaired) electrons. The van der Waals surface area contributed by atoms with Crippen molar-refractivity contribution in [3.63, 3.8) is 0 Å². The first-order chi connectivity index (χ1) is 13.6. The van der Waals surface area contributed by atoms with Crippen molar-refractivity contribution >= 4 is 44.9 Å². The summed E-state index contributed by atoms with van der Waals surface area (Å²) in [5, 5.41) is 4.47. The van der Waals surface area contributed by atoms with Gasteiger partial charge in [-0.05, 0) is 30.0 Å². The summed E-state index contributed by atoms with van der Waals surface area (Å²) in [5.74, 6) is -0.164. The number of nitrogens with zero attached hydrogens (tertiary/aromatic N) is 1. The van der Waals surface area contributed by atoms with Crippen molar-refractivity contribution in [2.24, 2.45) is 0 Å². The molecule has 0 bridgehead atoms. The molecule has 0 aliphatic rings. The maximum atomic E-state index is 12.6. The third kappa shape index (κ3) is 3.81. The van der Waals surface area contributed by atoms with Gasteiger partial charge in [0.05, 0.1) is 5.39 Å². The number of esters is 1. The zero-order valence-corrected chi connectivity index (χ0v) is 16.5. The first kappa shape index (κ1) is 18.3. The highest BCUT2D eigenvalue weighted by atomic mass is 32.1.